The minimum absolute atomic E-state index is 0.0948. The second-order valence-electron chi connectivity index (χ2n) is 5.66. The summed E-state index contributed by atoms with van der Waals surface area (Å²) in [7, 11) is 0. The molecule has 1 heterocycles. The molecular formula is C14H17Cl2N3. The van der Waals surface area contributed by atoms with E-state index in [1.807, 2.05) is 19.1 Å². The Hall–Kier alpha value is -1.03. The zero-order chi connectivity index (χ0) is 14.4. The molecule has 0 aliphatic heterocycles. The van der Waals surface area contributed by atoms with E-state index >= 15 is 0 Å². The van der Waals surface area contributed by atoms with Crippen molar-refractivity contribution in [1.82, 2.24) is 4.98 Å². The van der Waals surface area contributed by atoms with Gasteiger partial charge in [-0.2, -0.15) is 0 Å². The van der Waals surface area contributed by atoms with Crippen LogP contribution < -0.4 is 11.3 Å². The summed E-state index contributed by atoms with van der Waals surface area (Å²) >= 11 is 12.6. The summed E-state index contributed by atoms with van der Waals surface area (Å²) in [6, 6.07) is 3.83. The molecule has 0 unspecified atom stereocenters. The minimum atomic E-state index is -0.0948. The summed E-state index contributed by atoms with van der Waals surface area (Å²) in [5.74, 6) is 6.19. The van der Waals surface area contributed by atoms with E-state index < -0.39 is 0 Å². The van der Waals surface area contributed by atoms with Crippen LogP contribution in [-0.2, 0) is 5.41 Å². The quantitative estimate of drug-likeness (QED) is 0.604. The van der Waals surface area contributed by atoms with E-state index in [9.17, 15) is 0 Å². The van der Waals surface area contributed by atoms with Gasteiger partial charge in [0.1, 0.15) is 5.82 Å². The van der Waals surface area contributed by atoms with Crippen molar-refractivity contribution in [2.45, 2.75) is 33.1 Å². The number of nitrogens with two attached hydrogens (primary N) is 1. The number of nitrogens with zero attached hydrogens (tertiary/aromatic N) is 1. The maximum atomic E-state index is 6.37. The number of aromatic nitrogens is 1. The molecule has 19 heavy (non-hydrogen) atoms. The molecule has 0 amide bonds. The smallest absolute Gasteiger partial charge is 0.144 e. The lowest BCUT2D eigenvalue weighted by Gasteiger charge is -2.23. The molecule has 0 saturated carbocycles. The van der Waals surface area contributed by atoms with E-state index in [-0.39, 0.29) is 5.41 Å². The Bertz CT molecular complexity index is 645. The number of nitrogen functional groups attached to an aromatic ring is 1. The van der Waals surface area contributed by atoms with Crippen molar-refractivity contribution in [3.63, 3.8) is 0 Å². The SMILES string of the molecule is Cc1cc(Cl)c2nc(NN)c(C(C)(C)C)cc2c1Cl. The average molecular weight is 298 g/mol. The number of anilines is 1. The average Bonchev–Trinajstić information content (AvgIpc) is 2.33. The monoisotopic (exact) mass is 297 g/mol. The summed E-state index contributed by atoms with van der Waals surface area (Å²) in [4.78, 5) is 4.51. The molecule has 0 atom stereocenters. The Morgan fingerprint density at radius 1 is 1.21 bits per heavy atom. The number of nitrogens with one attached hydrogen (secondary N) is 1. The number of rotatable bonds is 1. The molecule has 0 bridgehead atoms. The Kier molecular flexibility index (Phi) is 3.65. The third-order valence-electron chi connectivity index (χ3n) is 3.12. The Morgan fingerprint density at radius 3 is 2.37 bits per heavy atom. The van der Waals surface area contributed by atoms with Gasteiger partial charge in [0.15, 0.2) is 0 Å². The fraction of sp³-hybridized carbons (Fsp3) is 0.357. The van der Waals surface area contributed by atoms with E-state index in [0.717, 1.165) is 16.5 Å². The van der Waals surface area contributed by atoms with Crippen LogP contribution in [0.2, 0.25) is 10.0 Å². The number of aryl methyl sites for hydroxylation is 1. The van der Waals surface area contributed by atoms with Crippen LogP contribution >= 0.6 is 23.2 Å². The highest BCUT2D eigenvalue weighted by Gasteiger charge is 2.21. The molecule has 0 fully saturated rings. The van der Waals surface area contributed by atoms with Crippen molar-refractivity contribution in [2.24, 2.45) is 5.84 Å². The van der Waals surface area contributed by atoms with Crippen LogP contribution in [0.3, 0.4) is 0 Å². The Labute approximate surface area is 123 Å². The summed E-state index contributed by atoms with van der Waals surface area (Å²) in [5, 5.41) is 2.12. The maximum absolute atomic E-state index is 6.37. The zero-order valence-electron chi connectivity index (χ0n) is 11.4. The molecule has 0 aliphatic carbocycles. The molecule has 0 saturated heterocycles. The highest BCUT2D eigenvalue weighted by atomic mass is 35.5. The van der Waals surface area contributed by atoms with Crippen molar-refractivity contribution in [3.05, 3.63) is 33.3 Å². The van der Waals surface area contributed by atoms with Gasteiger partial charge >= 0.3 is 0 Å². The molecule has 1 aromatic heterocycles. The highest BCUT2D eigenvalue weighted by Crippen LogP contribution is 2.37. The van der Waals surface area contributed by atoms with E-state index in [0.29, 0.717) is 21.4 Å². The molecule has 0 aliphatic rings. The van der Waals surface area contributed by atoms with E-state index in [4.69, 9.17) is 29.0 Å². The second-order valence-corrected chi connectivity index (χ2v) is 6.45. The number of hydrazine groups is 1. The number of fused-ring (bicyclic) bond motifs is 1. The number of benzene rings is 1. The third-order valence-corrected chi connectivity index (χ3v) is 3.91. The number of hydrogen-bond acceptors (Lipinski definition) is 3. The minimum Gasteiger partial charge on any atom is -0.308 e. The molecule has 0 spiro atoms. The van der Waals surface area contributed by atoms with Crippen molar-refractivity contribution in [3.8, 4) is 0 Å². The van der Waals surface area contributed by atoms with Crippen molar-refractivity contribution < 1.29 is 0 Å². The van der Waals surface area contributed by atoms with Crippen LogP contribution in [0.4, 0.5) is 5.82 Å². The molecule has 1 aromatic carbocycles. The van der Waals surface area contributed by atoms with Gasteiger partial charge in [-0.1, -0.05) is 44.0 Å². The highest BCUT2D eigenvalue weighted by molar-refractivity contribution is 6.40. The lowest BCUT2D eigenvalue weighted by atomic mass is 9.86. The first-order valence-corrected chi connectivity index (χ1v) is 6.77. The van der Waals surface area contributed by atoms with Gasteiger partial charge in [0, 0.05) is 10.9 Å². The summed E-state index contributed by atoms with van der Waals surface area (Å²) in [6.45, 7) is 8.23. The van der Waals surface area contributed by atoms with Gasteiger partial charge in [-0.25, -0.2) is 10.8 Å². The Balaban J connectivity index is 2.90. The van der Waals surface area contributed by atoms with Crippen LogP contribution in [0, 0.1) is 6.92 Å². The predicted octanol–water partition coefficient (Wildman–Crippen LogP) is 4.43. The van der Waals surface area contributed by atoms with Gasteiger partial charge in [0.25, 0.3) is 0 Å². The van der Waals surface area contributed by atoms with Crippen LogP contribution in [-0.4, -0.2) is 4.98 Å². The van der Waals surface area contributed by atoms with Crippen LogP contribution in [0.15, 0.2) is 12.1 Å². The number of halogens is 2. The van der Waals surface area contributed by atoms with Crippen molar-refractivity contribution >= 4 is 39.9 Å². The second kappa shape index (κ2) is 4.82. The Morgan fingerprint density at radius 2 is 1.84 bits per heavy atom. The summed E-state index contributed by atoms with van der Waals surface area (Å²) in [6.07, 6.45) is 0. The first-order valence-electron chi connectivity index (χ1n) is 6.02. The lowest BCUT2D eigenvalue weighted by molar-refractivity contribution is 0.590. The zero-order valence-corrected chi connectivity index (χ0v) is 12.9. The number of pyridine rings is 1. The first kappa shape index (κ1) is 14.4. The summed E-state index contributed by atoms with van der Waals surface area (Å²) < 4.78 is 0. The fourth-order valence-electron chi connectivity index (χ4n) is 2.08. The third kappa shape index (κ3) is 2.50. The van der Waals surface area contributed by atoms with Crippen molar-refractivity contribution in [2.75, 3.05) is 5.43 Å². The molecule has 102 valence electrons. The van der Waals surface area contributed by atoms with Gasteiger partial charge in [0.2, 0.25) is 0 Å². The van der Waals surface area contributed by atoms with E-state index in [1.165, 1.54) is 0 Å². The number of hydrogen-bond donors (Lipinski definition) is 2. The molecule has 0 radical (unpaired) electrons. The standard InChI is InChI=1S/C14H17Cl2N3/c1-7-5-10(15)12-8(11(7)16)6-9(14(2,3)4)13(18-12)19-17/h5-6H,17H2,1-4H3,(H,18,19). The van der Waals surface area contributed by atoms with Gasteiger partial charge in [-0.05, 0) is 30.0 Å². The van der Waals surface area contributed by atoms with Gasteiger partial charge in [-0.15, -0.1) is 0 Å². The summed E-state index contributed by atoms with van der Waals surface area (Å²) in [5.41, 5.74) is 5.16. The molecule has 2 rings (SSSR count). The van der Waals surface area contributed by atoms with E-state index in [1.54, 1.807) is 0 Å². The van der Waals surface area contributed by atoms with Crippen molar-refractivity contribution in [1.29, 1.82) is 0 Å². The molecule has 5 heteroatoms. The van der Waals surface area contributed by atoms with Gasteiger partial charge in [-0.3, -0.25) is 0 Å². The lowest BCUT2D eigenvalue weighted by Crippen LogP contribution is -2.19. The predicted molar refractivity (Wildman–Crippen MR) is 83.0 cm³/mol. The van der Waals surface area contributed by atoms with Crippen LogP contribution in [0.5, 0.6) is 0 Å². The van der Waals surface area contributed by atoms with E-state index in [2.05, 4.69) is 31.2 Å². The van der Waals surface area contributed by atoms with Crippen LogP contribution in [0.1, 0.15) is 31.9 Å². The van der Waals surface area contributed by atoms with Gasteiger partial charge < -0.3 is 5.43 Å². The normalized spacial score (nSPS) is 11.9. The molecule has 3 N–H and O–H groups in total. The first-order chi connectivity index (χ1) is 8.75. The molecule has 2 aromatic rings. The molecular weight excluding hydrogens is 281 g/mol. The largest absolute Gasteiger partial charge is 0.308 e. The fourth-order valence-corrected chi connectivity index (χ4v) is 2.58. The van der Waals surface area contributed by atoms with Crippen LogP contribution in [0.25, 0.3) is 10.9 Å². The molecule has 3 nitrogen and oxygen atoms in total. The maximum Gasteiger partial charge on any atom is 0.144 e. The topological polar surface area (TPSA) is 50.9 Å². The van der Waals surface area contributed by atoms with Gasteiger partial charge in [0.05, 0.1) is 15.6 Å².